The van der Waals surface area contributed by atoms with Gasteiger partial charge in [-0.1, -0.05) is 42.5 Å². The Bertz CT molecular complexity index is 1050. The van der Waals surface area contributed by atoms with Gasteiger partial charge in [0.2, 0.25) is 11.7 Å². The maximum atomic E-state index is 11.7. The van der Waals surface area contributed by atoms with Gasteiger partial charge in [-0.2, -0.15) is 5.26 Å². The molecule has 3 atom stereocenters. The molecule has 3 unspecified atom stereocenters. The van der Waals surface area contributed by atoms with Gasteiger partial charge >= 0.3 is 5.69 Å². The van der Waals surface area contributed by atoms with Crippen molar-refractivity contribution in [2.75, 3.05) is 14.2 Å². The number of aliphatic imine (C=N–C) groups is 1. The molecule has 0 radical (unpaired) electrons. The number of nitrogens with one attached hydrogen (secondary N) is 2. The molecule has 1 aliphatic heterocycles. The molecule has 0 saturated carbocycles. The highest BCUT2D eigenvalue weighted by atomic mass is 16.7. The number of guanidine groups is 1. The number of nitro benzene ring substituents is 1. The van der Waals surface area contributed by atoms with Crippen LogP contribution in [0.15, 0.2) is 53.5 Å². The molecule has 11 heteroatoms. The van der Waals surface area contributed by atoms with Crippen LogP contribution in [0.4, 0.5) is 5.69 Å². The third kappa shape index (κ3) is 4.88. The summed E-state index contributed by atoms with van der Waals surface area (Å²) in [7, 11) is 2.74. The van der Waals surface area contributed by atoms with Crippen molar-refractivity contribution in [2.24, 2.45) is 4.99 Å². The lowest BCUT2D eigenvalue weighted by Crippen LogP contribution is -2.62. The average Bonchev–Trinajstić information content (AvgIpc) is 2.81. The molecule has 0 fully saturated rings. The molecule has 174 valence electrons. The van der Waals surface area contributed by atoms with E-state index in [9.17, 15) is 20.5 Å². The predicted octanol–water partition coefficient (Wildman–Crippen LogP) is 1.98. The Labute approximate surface area is 190 Å². The standard InChI is InChI=1S/C22H25N5O6/c1-22(20(31-2)32-3)19(28)17(15-10-7-11-16(27(29)30)18(15)33-22)26-21(25-13-23)24-12-14-8-5-4-6-9-14/h4-11,17,19-20,28H,12H2,1-3H3,(H2,24,25,26). The van der Waals surface area contributed by atoms with Crippen LogP contribution in [-0.2, 0) is 16.0 Å². The van der Waals surface area contributed by atoms with Crippen LogP contribution in [0.3, 0.4) is 0 Å². The third-order valence-corrected chi connectivity index (χ3v) is 5.41. The predicted molar refractivity (Wildman–Crippen MR) is 118 cm³/mol. The molecule has 3 N–H and O–H groups in total. The van der Waals surface area contributed by atoms with Crippen molar-refractivity contribution in [1.29, 1.82) is 5.26 Å². The zero-order chi connectivity index (χ0) is 24.0. The Balaban J connectivity index is 2.05. The van der Waals surface area contributed by atoms with Gasteiger partial charge in [0.05, 0.1) is 17.5 Å². The van der Waals surface area contributed by atoms with E-state index in [1.807, 2.05) is 36.5 Å². The molecule has 0 amide bonds. The first-order valence-electron chi connectivity index (χ1n) is 10.1. The molecule has 11 nitrogen and oxygen atoms in total. The van der Waals surface area contributed by atoms with E-state index in [0.29, 0.717) is 5.56 Å². The normalized spacial score (nSPS) is 22.1. The minimum Gasteiger partial charge on any atom is -0.472 e. The van der Waals surface area contributed by atoms with E-state index >= 15 is 0 Å². The molecule has 1 aliphatic rings. The highest BCUT2D eigenvalue weighted by Gasteiger charge is 2.54. The summed E-state index contributed by atoms with van der Waals surface area (Å²) in [6.07, 6.45) is -0.549. The number of aliphatic hydroxyl groups is 1. The van der Waals surface area contributed by atoms with Crippen molar-refractivity contribution in [3.05, 3.63) is 69.8 Å². The maximum absolute atomic E-state index is 11.7. The fraction of sp³-hybridized carbons (Fsp3) is 0.364. The summed E-state index contributed by atoms with van der Waals surface area (Å²) in [5, 5.41) is 37.7. The topological polar surface area (TPSA) is 151 Å². The highest BCUT2D eigenvalue weighted by Crippen LogP contribution is 2.46. The zero-order valence-corrected chi connectivity index (χ0v) is 18.4. The molecule has 1 heterocycles. The van der Waals surface area contributed by atoms with Crippen LogP contribution in [0.25, 0.3) is 0 Å². The Morgan fingerprint density at radius 3 is 2.61 bits per heavy atom. The van der Waals surface area contributed by atoms with Gasteiger partial charge in [-0.05, 0) is 12.5 Å². The molecular formula is C22H25N5O6. The number of aliphatic hydroxyl groups excluding tert-OH is 1. The summed E-state index contributed by atoms with van der Waals surface area (Å²) in [4.78, 5) is 15.5. The van der Waals surface area contributed by atoms with Gasteiger partial charge in [-0.15, -0.1) is 0 Å². The van der Waals surface area contributed by atoms with Crippen molar-refractivity contribution in [2.45, 2.75) is 37.5 Å². The van der Waals surface area contributed by atoms with Gasteiger partial charge in [0.1, 0.15) is 6.10 Å². The first kappa shape index (κ1) is 23.9. The molecule has 0 spiro atoms. The number of hydrogen-bond donors (Lipinski definition) is 3. The van der Waals surface area contributed by atoms with Crippen molar-refractivity contribution in [3.8, 4) is 11.9 Å². The molecule has 3 rings (SSSR count). The number of methoxy groups -OCH3 is 2. The van der Waals surface area contributed by atoms with Gasteiger partial charge in [0.15, 0.2) is 18.1 Å². The Morgan fingerprint density at radius 2 is 2.00 bits per heavy atom. The summed E-state index contributed by atoms with van der Waals surface area (Å²) in [6, 6.07) is 12.8. The van der Waals surface area contributed by atoms with Crippen LogP contribution in [-0.4, -0.2) is 48.2 Å². The van der Waals surface area contributed by atoms with E-state index in [2.05, 4.69) is 15.6 Å². The van der Waals surface area contributed by atoms with E-state index in [1.54, 1.807) is 6.07 Å². The van der Waals surface area contributed by atoms with Crippen LogP contribution in [0.1, 0.15) is 24.1 Å². The molecule has 0 aromatic heterocycles. The number of nitrogens with zero attached hydrogens (tertiary/aromatic N) is 3. The lowest BCUT2D eigenvalue weighted by molar-refractivity contribution is -0.387. The van der Waals surface area contributed by atoms with Gasteiger partial charge in [-0.25, -0.2) is 4.99 Å². The van der Waals surface area contributed by atoms with Gasteiger partial charge in [0, 0.05) is 25.8 Å². The molecule has 0 saturated heterocycles. The summed E-state index contributed by atoms with van der Waals surface area (Å²) in [5.41, 5.74) is -0.576. The van der Waals surface area contributed by atoms with Crippen LogP contribution in [0.2, 0.25) is 0 Å². The number of fused-ring (bicyclic) bond motifs is 1. The van der Waals surface area contributed by atoms with Crippen LogP contribution in [0, 0.1) is 21.6 Å². The fourth-order valence-electron chi connectivity index (χ4n) is 3.81. The molecular weight excluding hydrogens is 430 g/mol. The second-order valence-electron chi connectivity index (χ2n) is 7.50. The van der Waals surface area contributed by atoms with E-state index in [-0.39, 0.29) is 23.9 Å². The van der Waals surface area contributed by atoms with E-state index < -0.39 is 29.0 Å². The summed E-state index contributed by atoms with van der Waals surface area (Å²) in [5.74, 6) is 0.0461. The van der Waals surface area contributed by atoms with Gasteiger partial charge in [-0.3, -0.25) is 15.4 Å². The average molecular weight is 455 g/mol. The van der Waals surface area contributed by atoms with Crippen LogP contribution < -0.4 is 15.4 Å². The van der Waals surface area contributed by atoms with Crippen molar-refractivity contribution >= 4 is 11.6 Å². The van der Waals surface area contributed by atoms with Gasteiger partial charge < -0.3 is 24.6 Å². The number of rotatable bonds is 7. The number of nitriles is 1. The summed E-state index contributed by atoms with van der Waals surface area (Å²) in [6.45, 7) is 1.79. The number of benzene rings is 2. The summed E-state index contributed by atoms with van der Waals surface area (Å²) < 4.78 is 16.6. The van der Waals surface area contributed by atoms with Gasteiger partial charge in [0.25, 0.3) is 0 Å². The monoisotopic (exact) mass is 455 g/mol. The van der Waals surface area contributed by atoms with E-state index in [0.717, 1.165) is 5.56 Å². The molecule has 2 aromatic rings. The second-order valence-corrected chi connectivity index (χ2v) is 7.50. The second kappa shape index (κ2) is 10.3. The van der Waals surface area contributed by atoms with Crippen LogP contribution in [0.5, 0.6) is 5.75 Å². The molecule has 33 heavy (non-hydrogen) atoms. The Hall–Kier alpha value is -3.72. The lowest BCUT2D eigenvalue weighted by Gasteiger charge is -2.46. The summed E-state index contributed by atoms with van der Waals surface area (Å²) >= 11 is 0. The number of hydrogen-bond acceptors (Lipinski definition) is 8. The number of ether oxygens (including phenoxy) is 3. The molecule has 0 aliphatic carbocycles. The fourth-order valence-corrected chi connectivity index (χ4v) is 3.81. The highest BCUT2D eigenvalue weighted by molar-refractivity contribution is 5.82. The molecule has 2 aromatic carbocycles. The van der Waals surface area contributed by atoms with E-state index in [1.165, 1.54) is 33.3 Å². The lowest BCUT2D eigenvalue weighted by atomic mass is 9.84. The molecule has 0 bridgehead atoms. The van der Waals surface area contributed by atoms with Crippen molar-refractivity contribution < 1.29 is 24.2 Å². The SMILES string of the molecule is COC(OC)C1(C)Oc2c(cccc2[N+](=O)[O-])C(NC(=NCc2ccccc2)NC#N)C1O. The number of nitro groups is 1. The van der Waals surface area contributed by atoms with Crippen LogP contribution >= 0.6 is 0 Å². The third-order valence-electron chi connectivity index (χ3n) is 5.41. The first-order chi connectivity index (χ1) is 15.8. The minimum absolute atomic E-state index is 0.0359. The first-order valence-corrected chi connectivity index (χ1v) is 10.1. The zero-order valence-electron chi connectivity index (χ0n) is 18.4. The minimum atomic E-state index is -1.53. The Morgan fingerprint density at radius 1 is 1.30 bits per heavy atom. The van der Waals surface area contributed by atoms with Crippen molar-refractivity contribution in [1.82, 2.24) is 10.6 Å². The smallest absolute Gasteiger partial charge is 0.311 e. The number of para-hydroxylation sites is 1. The largest absolute Gasteiger partial charge is 0.472 e. The quantitative estimate of drug-likeness (QED) is 0.108. The Kier molecular flexibility index (Phi) is 7.44. The van der Waals surface area contributed by atoms with Crippen molar-refractivity contribution in [3.63, 3.8) is 0 Å². The van der Waals surface area contributed by atoms with E-state index in [4.69, 9.17) is 14.2 Å². The maximum Gasteiger partial charge on any atom is 0.311 e.